The molecular weight excluding hydrogens is 550 g/mol. The average molecular weight is 580 g/mol. The molecule has 0 bridgehead atoms. The third kappa shape index (κ3) is 5.29. The highest BCUT2D eigenvalue weighted by molar-refractivity contribution is 6.00. The van der Waals surface area contributed by atoms with Crippen LogP contribution in [0.1, 0.15) is 46.5 Å². The molecule has 0 saturated carbocycles. The maximum atomic E-state index is 9.49. The van der Waals surface area contributed by atoms with Crippen LogP contribution in [0.2, 0.25) is 0 Å². The van der Waals surface area contributed by atoms with Crippen molar-refractivity contribution < 1.29 is 0 Å². The zero-order chi connectivity index (χ0) is 30.8. The van der Waals surface area contributed by atoms with E-state index >= 15 is 0 Å². The van der Waals surface area contributed by atoms with Crippen LogP contribution >= 0.6 is 0 Å². The van der Waals surface area contributed by atoms with Crippen LogP contribution < -0.4 is 10.2 Å². The summed E-state index contributed by atoms with van der Waals surface area (Å²) in [4.78, 5) is 7.42. The third-order valence-electron chi connectivity index (χ3n) is 8.45. The topological polar surface area (TPSA) is 75.7 Å². The average Bonchev–Trinajstić information content (AvgIpc) is 3.12. The predicted molar refractivity (Wildman–Crippen MR) is 180 cm³/mol. The molecule has 1 unspecified atom stereocenters. The Kier molecular flexibility index (Phi) is 7.28. The van der Waals surface area contributed by atoms with Gasteiger partial charge in [0, 0.05) is 23.4 Å². The molecule has 214 valence electrons. The predicted octanol–water partition coefficient (Wildman–Crippen LogP) is 8.78. The normalized spacial score (nSPS) is 15.2. The Morgan fingerprint density at radius 2 is 1.51 bits per heavy atom. The van der Waals surface area contributed by atoms with Gasteiger partial charge in [0.15, 0.2) is 0 Å². The molecule has 0 aliphatic carbocycles. The maximum absolute atomic E-state index is 9.49. The van der Waals surface area contributed by atoms with Gasteiger partial charge in [0.2, 0.25) is 0 Å². The fourth-order valence-corrected chi connectivity index (χ4v) is 6.16. The lowest BCUT2D eigenvalue weighted by Gasteiger charge is -2.36. The monoisotopic (exact) mass is 579 g/mol. The van der Waals surface area contributed by atoms with E-state index in [1.807, 2.05) is 66.9 Å². The van der Waals surface area contributed by atoms with Gasteiger partial charge in [0.25, 0.3) is 0 Å². The van der Waals surface area contributed by atoms with Crippen LogP contribution in [0.3, 0.4) is 0 Å². The Morgan fingerprint density at radius 1 is 0.778 bits per heavy atom. The molecule has 0 saturated heterocycles. The SMILES string of the molecule is C/C(=C(/c1ccc(C#N)cc1)N1Cc2cc(-c3cccc(C4C=CC=CN4)n3)ccc2-c2ccccc21)c1ccc(C#N)cc1. The summed E-state index contributed by atoms with van der Waals surface area (Å²) in [6.07, 6.45) is 8.08. The molecule has 2 aliphatic rings. The lowest BCUT2D eigenvalue weighted by Crippen LogP contribution is -2.26. The minimum Gasteiger partial charge on any atom is -0.379 e. The van der Waals surface area contributed by atoms with Gasteiger partial charge in [-0.1, -0.05) is 72.8 Å². The lowest BCUT2D eigenvalue weighted by molar-refractivity contribution is 0.722. The number of nitrogens with one attached hydrogen (secondary N) is 1. The smallest absolute Gasteiger partial charge is 0.0991 e. The Morgan fingerprint density at radius 3 is 2.22 bits per heavy atom. The summed E-state index contributed by atoms with van der Waals surface area (Å²) in [6.45, 7) is 2.78. The van der Waals surface area contributed by atoms with Gasteiger partial charge in [-0.3, -0.25) is 4.98 Å². The van der Waals surface area contributed by atoms with E-state index in [9.17, 15) is 10.5 Å². The van der Waals surface area contributed by atoms with Gasteiger partial charge < -0.3 is 10.2 Å². The number of anilines is 1. The number of hydrogen-bond acceptors (Lipinski definition) is 5. The van der Waals surface area contributed by atoms with Crippen molar-refractivity contribution in [3.8, 4) is 34.5 Å². The molecule has 0 radical (unpaired) electrons. The number of aromatic nitrogens is 1. The summed E-state index contributed by atoms with van der Waals surface area (Å²) >= 11 is 0. The first-order valence-electron chi connectivity index (χ1n) is 14.9. The molecular formula is C40H29N5. The Hall–Kier alpha value is -6.17. The van der Waals surface area contributed by atoms with Crippen LogP contribution in [0.4, 0.5) is 5.69 Å². The molecule has 5 aromatic rings. The fraction of sp³-hybridized carbons (Fsp3) is 0.0750. The van der Waals surface area contributed by atoms with Gasteiger partial charge in [-0.2, -0.15) is 10.5 Å². The Labute approximate surface area is 263 Å². The largest absolute Gasteiger partial charge is 0.379 e. The first kappa shape index (κ1) is 27.7. The molecule has 1 aromatic heterocycles. The third-order valence-corrected chi connectivity index (χ3v) is 8.45. The second-order valence-corrected chi connectivity index (χ2v) is 11.2. The fourth-order valence-electron chi connectivity index (χ4n) is 6.16. The zero-order valence-corrected chi connectivity index (χ0v) is 24.8. The van der Waals surface area contributed by atoms with Gasteiger partial charge in [0.05, 0.1) is 46.4 Å². The van der Waals surface area contributed by atoms with Crippen LogP contribution in [-0.2, 0) is 6.54 Å². The number of fused-ring (bicyclic) bond motifs is 3. The lowest BCUT2D eigenvalue weighted by atomic mass is 9.89. The Balaban J connectivity index is 1.36. The summed E-state index contributed by atoms with van der Waals surface area (Å²) in [5.74, 6) is 0. The molecule has 2 aliphatic heterocycles. The van der Waals surface area contributed by atoms with Crippen molar-refractivity contribution in [3.05, 3.63) is 167 Å². The van der Waals surface area contributed by atoms with Crippen molar-refractivity contribution >= 4 is 17.0 Å². The number of dihydropyridines is 1. The number of nitriles is 2. The first-order valence-corrected chi connectivity index (χ1v) is 14.9. The van der Waals surface area contributed by atoms with E-state index in [4.69, 9.17) is 4.98 Å². The van der Waals surface area contributed by atoms with E-state index in [2.05, 4.69) is 96.0 Å². The van der Waals surface area contributed by atoms with E-state index in [1.165, 1.54) is 11.1 Å². The van der Waals surface area contributed by atoms with E-state index < -0.39 is 0 Å². The summed E-state index contributed by atoms with van der Waals surface area (Å²) < 4.78 is 0. The summed E-state index contributed by atoms with van der Waals surface area (Å²) in [6, 6.07) is 41.4. The van der Waals surface area contributed by atoms with E-state index in [0.29, 0.717) is 17.7 Å². The minimum absolute atomic E-state index is 0.0419. The second kappa shape index (κ2) is 11.8. The molecule has 0 fully saturated rings. The highest BCUT2D eigenvalue weighted by atomic mass is 15.2. The van der Waals surface area contributed by atoms with Crippen LogP contribution in [0.15, 0.2) is 134 Å². The zero-order valence-electron chi connectivity index (χ0n) is 24.8. The maximum Gasteiger partial charge on any atom is 0.0991 e. The molecule has 45 heavy (non-hydrogen) atoms. The van der Waals surface area contributed by atoms with E-state index in [-0.39, 0.29) is 6.04 Å². The number of rotatable bonds is 5. The molecule has 5 nitrogen and oxygen atoms in total. The molecule has 1 atom stereocenters. The number of benzene rings is 4. The highest BCUT2D eigenvalue weighted by Crippen LogP contribution is 2.45. The molecule has 5 heteroatoms. The summed E-state index contributed by atoms with van der Waals surface area (Å²) in [7, 11) is 0. The van der Waals surface area contributed by atoms with Gasteiger partial charge in [-0.15, -0.1) is 0 Å². The quantitative estimate of drug-likeness (QED) is 0.211. The number of hydrogen-bond donors (Lipinski definition) is 1. The van der Waals surface area contributed by atoms with E-state index in [0.717, 1.165) is 50.6 Å². The number of allylic oxidation sites excluding steroid dienone is 3. The van der Waals surface area contributed by atoms with Crippen molar-refractivity contribution in [2.45, 2.75) is 19.5 Å². The number of nitrogens with zero attached hydrogens (tertiary/aromatic N) is 4. The van der Waals surface area contributed by atoms with Gasteiger partial charge in [-0.05, 0) is 95.6 Å². The van der Waals surface area contributed by atoms with Crippen molar-refractivity contribution in [1.82, 2.24) is 10.3 Å². The van der Waals surface area contributed by atoms with Crippen molar-refractivity contribution in [2.24, 2.45) is 0 Å². The van der Waals surface area contributed by atoms with Crippen molar-refractivity contribution in [2.75, 3.05) is 4.90 Å². The van der Waals surface area contributed by atoms with Crippen molar-refractivity contribution in [3.63, 3.8) is 0 Å². The van der Waals surface area contributed by atoms with Gasteiger partial charge in [0.1, 0.15) is 0 Å². The molecule has 3 heterocycles. The van der Waals surface area contributed by atoms with Gasteiger partial charge in [-0.25, -0.2) is 0 Å². The molecule has 0 spiro atoms. The second-order valence-electron chi connectivity index (χ2n) is 11.2. The molecule has 4 aromatic carbocycles. The molecule has 7 rings (SSSR count). The summed E-state index contributed by atoms with van der Waals surface area (Å²) in [5.41, 5.74) is 13.1. The minimum atomic E-state index is 0.0419. The Bertz CT molecular complexity index is 2090. The van der Waals surface area contributed by atoms with Gasteiger partial charge >= 0.3 is 0 Å². The molecule has 0 amide bonds. The van der Waals surface area contributed by atoms with Crippen molar-refractivity contribution in [1.29, 1.82) is 10.5 Å². The standard InChI is InChI=1S/C40H29N5/c1-27(30-16-12-28(24-41)13-17-30)40(31-18-14-29(25-42)15-19-31)45-26-33-23-32(20-21-34(33)35-7-2-3-11-39(35)45)36-9-6-10-38(44-36)37-8-4-5-22-43-37/h2-23,37,43H,26H2,1H3/b40-27+. The van der Waals surface area contributed by atoms with Crippen LogP contribution in [-0.4, -0.2) is 4.98 Å². The number of pyridine rings is 1. The van der Waals surface area contributed by atoms with Crippen LogP contribution in [0, 0.1) is 22.7 Å². The summed E-state index contributed by atoms with van der Waals surface area (Å²) in [5, 5.41) is 22.2. The van der Waals surface area contributed by atoms with E-state index in [1.54, 1.807) is 0 Å². The van der Waals surface area contributed by atoms with Crippen LogP contribution in [0.5, 0.6) is 0 Å². The molecule has 1 N–H and O–H groups in total. The highest BCUT2D eigenvalue weighted by Gasteiger charge is 2.27. The van der Waals surface area contributed by atoms with Crippen LogP contribution in [0.25, 0.3) is 33.7 Å². The first-order chi connectivity index (χ1) is 22.1. The number of para-hydroxylation sites is 1.